The minimum Gasteiger partial charge on any atom is -0.355 e. The summed E-state index contributed by atoms with van der Waals surface area (Å²) in [5.41, 5.74) is 0. The van der Waals surface area contributed by atoms with Gasteiger partial charge in [0.25, 0.3) is 0 Å². The van der Waals surface area contributed by atoms with E-state index in [9.17, 15) is 0 Å². The normalized spacial score (nSPS) is 12.0. The van der Waals surface area contributed by atoms with Crippen LogP contribution in [-0.4, -0.2) is 36.0 Å². The molecule has 4 nitrogen and oxygen atoms in total. The molecule has 0 radical (unpaired) electrons. The summed E-state index contributed by atoms with van der Waals surface area (Å²) in [7, 11) is -1.31. The molecule has 0 rings (SSSR count). The molecule has 0 N–H and O–H groups in total. The van der Waals surface area contributed by atoms with Crippen molar-refractivity contribution < 1.29 is 17.7 Å². The molecule has 33 heavy (non-hydrogen) atoms. The Hall–Kier alpha value is 0.0569. The molecular weight excluding hydrogens is 428 g/mol. The third kappa shape index (κ3) is 22.3. The minimum atomic E-state index is -3.01. The Morgan fingerprint density at radius 3 is 0.848 bits per heavy atom. The van der Waals surface area contributed by atoms with Crippen LogP contribution in [-0.2, 0) is 17.7 Å². The highest BCUT2D eigenvalue weighted by molar-refractivity contribution is 6.53. The smallest absolute Gasteiger partial charge is 0.355 e. The summed E-state index contributed by atoms with van der Waals surface area (Å²) >= 11 is 0. The van der Waals surface area contributed by atoms with Crippen LogP contribution in [0.2, 0.25) is 0 Å². The molecule has 0 aliphatic rings. The van der Waals surface area contributed by atoms with Crippen LogP contribution in [0.5, 0.6) is 0 Å². The lowest BCUT2D eigenvalue weighted by Gasteiger charge is -2.27. The highest BCUT2D eigenvalue weighted by Crippen LogP contribution is 2.16. The van der Waals surface area contributed by atoms with Crippen LogP contribution >= 0.6 is 0 Å². The molecule has 0 heterocycles. The van der Waals surface area contributed by atoms with Gasteiger partial charge in [-0.05, 0) is 19.3 Å². The zero-order valence-corrected chi connectivity index (χ0v) is 24.1. The molecule has 0 aromatic heterocycles. The molecule has 0 aromatic carbocycles. The minimum absolute atomic E-state index is 0.682. The van der Waals surface area contributed by atoms with Gasteiger partial charge < -0.3 is 17.7 Å². The van der Waals surface area contributed by atoms with Gasteiger partial charge >= 0.3 is 9.05 Å². The summed E-state index contributed by atoms with van der Waals surface area (Å²) in [6, 6.07) is 0. The van der Waals surface area contributed by atoms with E-state index in [4.69, 9.17) is 17.7 Å². The molecule has 0 bridgehead atoms. The van der Waals surface area contributed by atoms with E-state index in [0.29, 0.717) is 19.8 Å². The van der Waals surface area contributed by atoms with Gasteiger partial charge in [-0.15, -0.1) is 0 Å². The summed E-state index contributed by atoms with van der Waals surface area (Å²) in [6.45, 7) is 8.84. The average molecular weight is 489 g/mol. The maximum atomic E-state index is 6.20. The SMILES string of the molecule is CCCCCCCCCO[Si](OC)(OCCCCCCCCC)OCCCCCCCCC. The van der Waals surface area contributed by atoms with Gasteiger partial charge in [0, 0.05) is 26.9 Å². The Bertz CT molecular complexity index is 318. The first-order valence-corrected chi connectivity index (χ1v) is 16.3. The Balaban J connectivity index is 4.23. The Morgan fingerprint density at radius 2 is 0.606 bits per heavy atom. The van der Waals surface area contributed by atoms with Crippen molar-refractivity contribution in [3.63, 3.8) is 0 Å². The van der Waals surface area contributed by atoms with Crippen molar-refractivity contribution in [1.29, 1.82) is 0 Å². The summed E-state index contributed by atoms with van der Waals surface area (Å²) in [5.74, 6) is 0. The van der Waals surface area contributed by atoms with Gasteiger partial charge in [0.1, 0.15) is 0 Å². The molecule has 0 amide bonds. The lowest BCUT2D eigenvalue weighted by molar-refractivity contribution is -0.0246. The largest absolute Gasteiger partial charge is 0.679 e. The van der Waals surface area contributed by atoms with Crippen LogP contribution in [0.4, 0.5) is 0 Å². The van der Waals surface area contributed by atoms with Gasteiger partial charge in [-0.25, -0.2) is 0 Å². The van der Waals surface area contributed by atoms with Crippen LogP contribution in [0.1, 0.15) is 156 Å². The third-order valence-electron chi connectivity index (χ3n) is 6.33. The van der Waals surface area contributed by atoms with Crippen LogP contribution in [0.25, 0.3) is 0 Å². The molecule has 0 saturated heterocycles. The second-order valence-corrected chi connectivity index (χ2v) is 11.9. The highest BCUT2D eigenvalue weighted by atomic mass is 28.4. The van der Waals surface area contributed by atoms with E-state index in [0.717, 1.165) is 19.3 Å². The van der Waals surface area contributed by atoms with Crippen molar-refractivity contribution in [2.24, 2.45) is 0 Å². The van der Waals surface area contributed by atoms with E-state index in [1.807, 2.05) is 0 Å². The van der Waals surface area contributed by atoms with Crippen molar-refractivity contribution in [1.82, 2.24) is 0 Å². The monoisotopic (exact) mass is 488 g/mol. The summed E-state index contributed by atoms with van der Waals surface area (Å²) < 4.78 is 24.4. The maximum absolute atomic E-state index is 6.20. The summed E-state index contributed by atoms with van der Waals surface area (Å²) in [6.07, 6.45) is 26.8. The molecule has 0 spiro atoms. The predicted octanol–water partition coefficient (Wildman–Crippen LogP) is 9.37. The molecule has 0 aliphatic heterocycles. The molecule has 0 aromatic rings. The lowest BCUT2D eigenvalue weighted by atomic mass is 10.1. The standard InChI is InChI=1S/C28H60O4Si/c1-5-8-11-14-17-20-23-26-30-33(29-4,31-27-24-21-18-15-12-9-6-2)32-28-25-22-19-16-13-10-7-3/h5-28H2,1-4H3. The van der Waals surface area contributed by atoms with Gasteiger partial charge in [0.2, 0.25) is 0 Å². The fraction of sp³-hybridized carbons (Fsp3) is 1.00. The van der Waals surface area contributed by atoms with Gasteiger partial charge in [-0.3, -0.25) is 0 Å². The van der Waals surface area contributed by atoms with Gasteiger partial charge in [-0.2, -0.15) is 0 Å². The predicted molar refractivity (Wildman–Crippen MR) is 145 cm³/mol. The van der Waals surface area contributed by atoms with Gasteiger partial charge in [-0.1, -0.05) is 136 Å². The second kappa shape index (κ2) is 26.7. The molecule has 0 aliphatic carbocycles. The fourth-order valence-electron chi connectivity index (χ4n) is 4.07. The van der Waals surface area contributed by atoms with Crippen molar-refractivity contribution in [2.45, 2.75) is 156 Å². The van der Waals surface area contributed by atoms with Crippen molar-refractivity contribution in [3.8, 4) is 0 Å². The van der Waals surface area contributed by atoms with E-state index >= 15 is 0 Å². The molecular formula is C28H60O4Si. The van der Waals surface area contributed by atoms with Gasteiger partial charge in [0.05, 0.1) is 0 Å². The number of hydrogen-bond acceptors (Lipinski definition) is 4. The Morgan fingerprint density at radius 1 is 0.364 bits per heavy atom. The van der Waals surface area contributed by atoms with Crippen molar-refractivity contribution in [3.05, 3.63) is 0 Å². The molecule has 0 atom stereocenters. The Labute approximate surface area is 209 Å². The first-order chi connectivity index (χ1) is 16.2. The van der Waals surface area contributed by atoms with E-state index < -0.39 is 9.05 Å². The second-order valence-electron chi connectivity index (χ2n) is 9.61. The van der Waals surface area contributed by atoms with Crippen LogP contribution in [0.15, 0.2) is 0 Å². The molecule has 0 saturated carbocycles. The molecule has 200 valence electrons. The number of rotatable bonds is 28. The molecule has 0 fully saturated rings. The Kier molecular flexibility index (Phi) is 26.7. The first kappa shape index (κ1) is 33.1. The zero-order valence-electron chi connectivity index (χ0n) is 23.1. The maximum Gasteiger partial charge on any atom is 0.679 e. The topological polar surface area (TPSA) is 36.9 Å². The first-order valence-electron chi connectivity index (χ1n) is 14.7. The van der Waals surface area contributed by atoms with E-state index in [1.54, 1.807) is 7.11 Å². The van der Waals surface area contributed by atoms with Crippen molar-refractivity contribution in [2.75, 3.05) is 26.9 Å². The van der Waals surface area contributed by atoms with Crippen LogP contribution in [0.3, 0.4) is 0 Å². The fourth-order valence-corrected chi connectivity index (χ4v) is 5.86. The molecule has 5 heteroatoms. The molecule has 0 unspecified atom stereocenters. The quantitative estimate of drug-likeness (QED) is 0.0811. The van der Waals surface area contributed by atoms with E-state index in [1.165, 1.54) is 116 Å². The summed E-state index contributed by atoms with van der Waals surface area (Å²) in [5, 5.41) is 0. The van der Waals surface area contributed by atoms with Crippen molar-refractivity contribution >= 4 is 9.05 Å². The van der Waals surface area contributed by atoms with Gasteiger partial charge in [0.15, 0.2) is 0 Å². The lowest BCUT2D eigenvalue weighted by Crippen LogP contribution is -2.49. The van der Waals surface area contributed by atoms with E-state index in [2.05, 4.69) is 20.8 Å². The third-order valence-corrected chi connectivity index (χ3v) is 8.50. The van der Waals surface area contributed by atoms with E-state index in [-0.39, 0.29) is 0 Å². The highest BCUT2D eigenvalue weighted by Gasteiger charge is 2.44. The number of hydrogen-bond donors (Lipinski definition) is 0. The van der Waals surface area contributed by atoms with Crippen LogP contribution < -0.4 is 0 Å². The van der Waals surface area contributed by atoms with Crippen LogP contribution in [0, 0.1) is 0 Å². The number of unbranched alkanes of at least 4 members (excludes halogenated alkanes) is 18. The summed E-state index contributed by atoms with van der Waals surface area (Å²) in [4.78, 5) is 0. The average Bonchev–Trinajstić information content (AvgIpc) is 2.83. The zero-order chi connectivity index (χ0) is 24.3.